The van der Waals surface area contributed by atoms with Gasteiger partial charge < -0.3 is 15.2 Å². The number of anilines is 2. The van der Waals surface area contributed by atoms with Crippen molar-refractivity contribution in [3.05, 3.63) is 83.4 Å². The van der Waals surface area contributed by atoms with E-state index in [0.29, 0.717) is 27.4 Å². The molecule has 9 nitrogen and oxygen atoms in total. The number of alkyl halides is 3. The molecule has 0 bridgehead atoms. The molecule has 0 radical (unpaired) electrons. The summed E-state index contributed by atoms with van der Waals surface area (Å²) in [4.78, 5) is 42.5. The molecule has 3 aromatic carbocycles. The molecule has 0 aliphatic heterocycles. The lowest BCUT2D eigenvalue weighted by Gasteiger charge is -2.25. The van der Waals surface area contributed by atoms with Gasteiger partial charge in [0, 0.05) is 17.8 Å². The number of thiazole rings is 1. The van der Waals surface area contributed by atoms with Gasteiger partial charge in [0.05, 0.1) is 17.7 Å². The fraction of sp³-hybridized carbons (Fsp3) is 0.312. The Morgan fingerprint density at radius 3 is 2.36 bits per heavy atom. The van der Waals surface area contributed by atoms with Crippen LogP contribution in [0.4, 0.5) is 28.8 Å². The Morgan fingerprint density at radius 2 is 1.69 bits per heavy atom. The van der Waals surface area contributed by atoms with Crippen LogP contribution < -0.4 is 20.3 Å². The highest BCUT2D eigenvalue weighted by Crippen LogP contribution is 2.36. The number of urea groups is 1. The first-order chi connectivity index (χ1) is 21.6. The van der Waals surface area contributed by atoms with Gasteiger partial charge in [0.2, 0.25) is 0 Å². The molecule has 13 heteroatoms. The number of hydrogen-bond donors (Lipinski definition) is 3. The largest absolute Gasteiger partial charge is 0.573 e. The van der Waals surface area contributed by atoms with E-state index in [1.165, 1.54) is 35.8 Å². The standard InChI is InChI=1S/C32H31F3N4O5S/c33-32(34,35)44-25-7-4-8-26-28(25)37-30(45-26)38-31(43)39(24-15-13-22(14-16-24)21-5-2-1-3-6-21)19-20-9-11-23(12-10-20)29(42)36-18-17-27(40)41/h4,7-16,21H,1-3,5-6,17-19H2,(H,36,42)(H,40,41)(H,37,38,43). The number of carbonyl (C=O) groups is 3. The fourth-order valence-corrected chi connectivity index (χ4v) is 6.19. The molecule has 1 fully saturated rings. The third-order valence-electron chi connectivity index (χ3n) is 7.53. The molecular formula is C32H31F3N4O5S. The summed E-state index contributed by atoms with van der Waals surface area (Å²) in [5.41, 5.74) is 2.83. The summed E-state index contributed by atoms with van der Waals surface area (Å²) >= 11 is 1.02. The summed E-state index contributed by atoms with van der Waals surface area (Å²) in [7, 11) is 0. The minimum atomic E-state index is -4.89. The molecule has 0 saturated heterocycles. The number of fused-ring (bicyclic) bond motifs is 1. The molecule has 1 heterocycles. The first kappa shape index (κ1) is 31.8. The van der Waals surface area contributed by atoms with Gasteiger partial charge in [-0.3, -0.25) is 19.8 Å². The SMILES string of the molecule is O=C(O)CCNC(=O)c1ccc(CN(C(=O)Nc2nc3c(OC(F)(F)F)cccc3s2)c2ccc(C3CCCCC3)cc2)cc1. The zero-order valence-corrected chi connectivity index (χ0v) is 24.9. The van der Waals surface area contributed by atoms with E-state index in [1.807, 2.05) is 24.3 Å². The van der Waals surface area contributed by atoms with Crippen LogP contribution in [0.1, 0.15) is 65.9 Å². The van der Waals surface area contributed by atoms with Crippen molar-refractivity contribution in [2.75, 3.05) is 16.8 Å². The van der Waals surface area contributed by atoms with Crippen LogP contribution in [-0.2, 0) is 11.3 Å². The third-order valence-corrected chi connectivity index (χ3v) is 8.47. The van der Waals surface area contributed by atoms with E-state index < -0.39 is 30.0 Å². The van der Waals surface area contributed by atoms with E-state index in [4.69, 9.17) is 5.11 Å². The highest BCUT2D eigenvalue weighted by atomic mass is 32.1. The molecule has 0 atom stereocenters. The number of aliphatic carboxylic acids is 1. The summed E-state index contributed by atoms with van der Waals surface area (Å²) in [5, 5.41) is 14.2. The topological polar surface area (TPSA) is 121 Å². The fourth-order valence-electron chi connectivity index (χ4n) is 5.31. The zero-order chi connectivity index (χ0) is 32.0. The summed E-state index contributed by atoms with van der Waals surface area (Å²) < 4.78 is 43.3. The molecule has 5 rings (SSSR count). The Labute approximate surface area is 261 Å². The van der Waals surface area contributed by atoms with Crippen molar-refractivity contribution in [3.63, 3.8) is 0 Å². The number of rotatable bonds is 10. The van der Waals surface area contributed by atoms with Crippen LogP contribution in [-0.4, -0.2) is 40.9 Å². The van der Waals surface area contributed by atoms with Crippen LogP contribution in [0.3, 0.4) is 0 Å². The lowest BCUT2D eigenvalue weighted by atomic mass is 9.84. The maximum absolute atomic E-state index is 13.7. The number of para-hydroxylation sites is 1. The van der Waals surface area contributed by atoms with E-state index in [2.05, 4.69) is 20.4 Å². The van der Waals surface area contributed by atoms with Gasteiger partial charge in [-0.1, -0.05) is 60.9 Å². The molecule has 1 aliphatic rings. The summed E-state index contributed by atoms with van der Waals surface area (Å²) in [6.07, 6.45) is 0.768. The summed E-state index contributed by atoms with van der Waals surface area (Å²) in [6.45, 7) is 0.110. The minimum Gasteiger partial charge on any atom is -0.481 e. The van der Waals surface area contributed by atoms with E-state index in [-0.39, 0.29) is 30.2 Å². The molecule has 3 amide bonds. The molecule has 1 aliphatic carbocycles. The molecule has 0 spiro atoms. The van der Waals surface area contributed by atoms with E-state index in [1.54, 1.807) is 30.3 Å². The Kier molecular flexibility index (Phi) is 9.87. The molecular weight excluding hydrogens is 609 g/mol. The molecule has 45 heavy (non-hydrogen) atoms. The van der Waals surface area contributed by atoms with Gasteiger partial charge in [0.1, 0.15) is 5.52 Å². The van der Waals surface area contributed by atoms with Crippen LogP contribution in [0.5, 0.6) is 5.75 Å². The van der Waals surface area contributed by atoms with Crippen LogP contribution in [0.25, 0.3) is 10.2 Å². The van der Waals surface area contributed by atoms with Crippen molar-refractivity contribution < 1.29 is 37.4 Å². The summed E-state index contributed by atoms with van der Waals surface area (Å²) in [5.74, 6) is -1.42. The Bertz CT molecular complexity index is 1650. The number of amides is 3. The maximum atomic E-state index is 13.7. The van der Waals surface area contributed by atoms with Gasteiger partial charge in [-0.05, 0) is 66.3 Å². The quantitative estimate of drug-likeness (QED) is 0.164. The van der Waals surface area contributed by atoms with Gasteiger partial charge in [-0.2, -0.15) is 0 Å². The number of aromatic nitrogens is 1. The Balaban J connectivity index is 1.37. The molecule has 3 N–H and O–H groups in total. The van der Waals surface area contributed by atoms with Crippen LogP contribution in [0.15, 0.2) is 66.7 Å². The predicted octanol–water partition coefficient (Wildman–Crippen LogP) is 7.69. The van der Waals surface area contributed by atoms with Gasteiger partial charge in [0.25, 0.3) is 5.91 Å². The number of halogens is 3. The highest BCUT2D eigenvalue weighted by Gasteiger charge is 2.32. The minimum absolute atomic E-state index is 0.00366. The molecule has 1 aromatic heterocycles. The number of hydrogen-bond acceptors (Lipinski definition) is 6. The monoisotopic (exact) mass is 640 g/mol. The summed E-state index contributed by atoms with van der Waals surface area (Å²) in [6, 6.07) is 18.0. The average Bonchev–Trinajstić information content (AvgIpc) is 3.43. The number of ether oxygens (including phenoxy) is 1. The number of nitrogens with one attached hydrogen (secondary N) is 2. The lowest BCUT2D eigenvalue weighted by molar-refractivity contribution is -0.274. The predicted molar refractivity (Wildman–Crippen MR) is 165 cm³/mol. The van der Waals surface area contributed by atoms with Crippen LogP contribution in [0, 0.1) is 0 Å². The number of carboxylic acids is 1. The van der Waals surface area contributed by atoms with Crippen LogP contribution in [0.2, 0.25) is 0 Å². The van der Waals surface area contributed by atoms with E-state index >= 15 is 0 Å². The Hall–Kier alpha value is -4.65. The van der Waals surface area contributed by atoms with Crippen molar-refractivity contribution in [2.45, 2.75) is 57.3 Å². The first-order valence-corrected chi connectivity index (χ1v) is 15.3. The number of benzene rings is 3. The lowest BCUT2D eigenvalue weighted by Crippen LogP contribution is -2.34. The van der Waals surface area contributed by atoms with Crippen molar-refractivity contribution in [2.24, 2.45) is 0 Å². The average molecular weight is 641 g/mol. The maximum Gasteiger partial charge on any atom is 0.573 e. The normalized spacial score (nSPS) is 13.8. The third kappa shape index (κ3) is 8.50. The van der Waals surface area contributed by atoms with Crippen molar-refractivity contribution in [1.29, 1.82) is 0 Å². The Morgan fingerprint density at radius 1 is 0.978 bits per heavy atom. The number of carbonyl (C=O) groups excluding carboxylic acids is 2. The second-order valence-electron chi connectivity index (χ2n) is 10.7. The molecule has 236 valence electrons. The zero-order valence-electron chi connectivity index (χ0n) is 24.1. The molecule has 4 aromatic rings. The molecule has 1 saturated carbocycles. The van der Waals surface area contributed by atoms with Crippen molar-refractivity contribution in [3.8, 4) is 5.75 Å². The smallest absolute Gasteiger partial charge is 0.481 e. The van der Waals surface area contributed by atoms with E-state index in [9.17, 15) is 27.6 Å². The van der Waals surface area contributed by atoms with Crippen molar-refractivity contribution in [1.82, 2.24) is 10.3 Å². The van der Waals surface area contributed by atoms with Gasteiger partial charge in [0.15, 0.2) is 10.9 Å². The van der Waals surface area contributed by atoms with Crippen molar-refractivity contribution >= 4 is 50.3 Å². The first-order valence-electron chi connectivity index (χ1n) is 14.5. The second-order valence-corrected chi connectivity index (χ2v) is 11.7. The number of nitrogens with zero attached hydrogens (tertiary/aromatic N) is 2. The van der Waals surface area contributed by atoms with Gasteiger partial charge in [-0.15, -0.1) is 13.2 Å². The highest BCUT2D eigenvalue weighted by molar-refractivity contribution is 7.22. The second kappa shape index (κ2) is 14.0. The number of carboxylic acid groups (broad SMARTS) is 1. The van der Waals surface area contributed by atoms with Gasteiger partial charge >= 0.3 is 18.4 Å². The van der Waals surface area contributed by atoms with Crippen LogP contribution >= 0.6 is 11.3 Å². The van der Waals surface area contributed by atoms with E-state index in [0.717, 1.165) is 30.2 Å². The molecule has 0 unspecified atom stereocenters. The van der Waals surface area contributed by atoms with Gasteiger partial charge in [-0.25, -0.2) is 9.78 Å².